The van der Waals surface area contributed by atoms with Crippen LogP contribution in [0, 0.1) is 12.8 Å². The standard InChI is InChI=1S/C17H23F3N2O3/c1-11(2)4-6-21-7-5-12(3)14(15(21)23)16(24)22-8-9-25-13(10-22)17(18,19)20/h5,7,11,13H,4,6,8-10H2,1-3H3. The molecule has 0 N–H and O–H groups in total. The van der Waals surface area contributed by atoms with Crippen LogP contribution in [0.5, 0.6) is 0 Å². The fraction of sp³-hybridized carbons (Fsp3) is 0.647. The number of hydrogen-bond donors (Lipinski definition) is 0. The molecule has 5 nitrogen and oxygen atoms in total. The molecule has 1 aromatic heterocycles. The number of halogens is 3. The Morgan fingerprint density at radius 1 is 1.40 bits per heavy atom. The number of morpholine rings is 1. The van der Waals surface area contributed by atoms with Crippen molar-refractivity contribution in [1.82, 2.24) is 9.47 Å². The number of alkyl halides is 3. The van der Waals surface area contributed by atoms with Crippen LogP contribution >= 0.6 is 0 Å². The first kappa shape index (κ1) is 19.5. The Morgan fingerprint density at radius 2 is 2.08 bits per heavy atom. The minimum atomic E-state index is -4.54. The molecule has 2 rings (SSSR count). The molecule has 2 heterocycles. The predicted octanol–water partition coefficient (Wildman–Crippen LogP) is 2.61. The highest BCUT2D eigenvalue weighted by molar-refractivity contribution is 5.95. The number of nitrogens with zero attached hydrogens (tertiary/aromatic N) is 2. The fourth-order valence-electron chi connectivity index (χ4n) is 2.69. The number of amides is 1. The van der Waals surface area contributed by atoms with E-state index < -0.39 is 30.3 Å². The minimum Gasteiger partial charge on any atom is -0.365 e. The van der Waals surface area contributed by atoms with Crippen molar-refractivity contribution in [3.05, 3.63) is 33.7 Å². The fourth-order valence-corrected chi connectivity index (χ4v) is 2.69. The third-order valence-corrected chi connectivity index (χ3v) is 4.25. The van der Waals surface area contributed by atoms with Crippen LogP contribution in [0.3, 0.4) is 0 Å². The van der Waals surface area contributed by atoms with Crippen LogP contribution in [0.15, 0.2) is 17.1 Å². The maximum absolute atomic E-state index is 12.9. The average molecular weight is 360 g/mol. The number of carbonyl (C=O) groups is 1. The highest BCUT2D eigenvalue weighted by Crippen LogP contribution is 2.26. The van der Waals surface area contributed by atoms with Gasteiger partial charge in [-0.2, -0.15) is 13.2 Å². The van der Waals surface area contributed by atoms with Crippen LogP contribution in [0.2, 0.25) is 0 Å². The lowest BCUT2D eigenvalue weighted by Gasteiger charge is -2.34. The lowest BCUT2D eigenvalue weighted by molar-refractivity contribution is -0.233. The summed E-state index contributed by atoms with van der Waals surface area (Å²) in [5, 5.41) is 0. The van der Waals surface area contributed by atoms with E-state index in [-0.39, 0.29) is 18.7 Å². The summed E-state index contributed by atoms with van der Waals surface area (Å²) in [5.41, 5.74) is -0.0550. The van der Waals surface area contributed by atoms with Gasteiger partial charge in [-0.3, -0.25) is 9.59 Å². The van der Waals surface area contributed by atoms with Crippen molar-refractivity contribution in [3.63, 3.8) is 0 Å². The van der Waals surface area contributed by atoms with E-state index in [4.69, 9.17) is 4.74 Å². The van der Waals surface area contributed by atoms with Crippen LogP contribution in [0.1, 0.15) is 36.2 Å². The zero-order valence-corrected chi connectivity index (χ0v) is 14.6. The van der Waals surface area contributed by atoms with E-state index in [1.165, 1.54) is 4.57 Å². The molecule has 1 atom stereocenters. The maximum Gasteiger partial charge on any atom is 0.416 e. The van der Waals surface area contributed by atoms with Gasteiger partial charge in [0.25, 0.3) is 11.5 Å². The number of rotatable bonds is 4. The Balaban J connectivity index is 2.26. The van der Waals surface area contributed by atoms with E-state index in [2.05, 4.69) is 0 Å². The Bertz CT molecular complexity index is 683. The summed E-state index contributed by atoms with van der Waals surface area (Å²) in [6.07, 6.45) is -4.17. The molecule has 1 unspecified atom stereocenters. The van der Waals surface area contributed by atoms with E-state index in [0.29, 0.717) is 18.0 Å². The number of ether oxygens (including phenoxy) is 1. The summed E-state index contributed by atoms with van der Waals surface area (Å²) in [7, 11) is 0. The zero-order chi connectivity index (χ0) is 18.8. The van der Waals surface area contributed by atoms with Crippen LogP contribution in [0.25, 0.3) is 0 Å². The van der Waals surface area contributed by atoms with Gasteiger partial charge in [-0.15, -0.1) is 0 Å². The third-order valence-electron chi connectivity index (χ3n) is 4.25. The van der Waals surface area contributed by atoms with Gasteiger partial charge in [0.2, 0.25) is 0 Å². The van der Waals surface area contributed by atoms with Crippen molar-refractivity contribution >= 4 is 5.91 Å². The highest BCUT2D eigenvalue weighted by Gasteiger charge is 2.44. The van der Waals surface area contributed by atoms with Gasteiger partial charge in [-0.05, 0) is 30.9 Å². The minimum absolute atomic E-state index is 0.0329. The molecule has 140 valence electrons. The van der Waals surface area contributed by atoms with Crippen LogP contribution in [-0.2, 0) is 11.3 Å². The SMILES string of the molecule is Cc1ccn(CCC(C)C)c(=O)c1C(=O)N1CCOC(C(F)(F)F)C1. The highest BCUT2D eigenvalue weighted by atomic mass is 19.4. The molecule has 0 radical (unpaired) electrons. The Morgan fingerprint density at radius 3 is 2.68 bits per heavy atom. The summed E-state index contributed by atoms with van der Waals surface area (Å²) in [4.78, 5) is 26.4. The first-order chi connectivity index (χ1) is 11.6. The van der Waals surface area contributed by atoms with Crippen molar-refractivity contribution in [3.8, 4) is 0 Å². The van der Waals surface area contributed by atoms with Gasteiger partial charge in [0.15, 0.2) is 6.10 Å². The van der Waals surface area contributed by atoms with Crippen molar-refractivity contribution in [2.24, 2.45) is 5.92 Å². The molecule has 1 amide bonds. The van der Waals surface area contributed by atoms with E-state index >= 15 is 0 Å². The van der Waals surface area contributed by atoms with Crippen LogP contribution < -0.4 is 5.56 Å². The van der Waals surface area contributed by atoms with Crippen molar-refractivity contribution in [2.75, 3.05) is 19.7 Å². The second-order valence-electron chi connectivity index (χ2n) is 6.71. The van der Waals surface area contributed by atoms with Gasteiger partial charge in [-0.1, -0.05) is 13.8 Å². The first-order valence-corrected chi connectivity index (χ1v) is 8.29. The number of hydrogen-bond acceptors (Lipinski definition) is 3. The van der Waals surface area contributed by atoms with Gasteiger partial charge in [0.1, 0.15) is 5.56 Å². The first-order valence-electron chi connectivity index (χ1n) is 8.29. The molecule has 1 aliphatic heterocycles. The predicted molar refractivity (Wildman–Crippen MR) is 86.6 cm³/mol. The molecule has 0 aromatic carbocycles. The molecule has 0 saturated carbocycles. The molecule has 1 saturated heterocycles. The average Bonchev–Trinajstić information content (AvgIpc) is 2.53. The molecule has 8 heteroatoms. The van der Waals surface area contributed by atoms with Crippen LogP contribution in [-0.4, -0.2) is 47.4 Å². The molecular formula is C17H23F3N2O3. The number of carbonyl (C=O) groups excluding carboxylic acids is 1. The molecule has 25 heavy (non-hydrogen) atoms. The lowest BCUT2D eigenvalue weighted by atomic mass is 10.1. The molecule has 1 aliphatic rings. The number of aromatic nitrogens is 1. The molecule has 0 spiro atoms. The van der Waals surface area contributed by atoms with Gasteiger partial charge < -0.3 is 14.2 Å². The summed E-state index contributed by atoms with van der Waals surface area (Å²) in [5.74, 6) is -0.280. The van der Waals surface area contributed by atoms with Crippen molar-refractivity contribution < 1.29 is 22.7 Å². The second kappa shape index (κ2) is 7.59. The Hall–Kier alpha value is -1.83. The summed E-state index contributed by atoms with van der Waals surface area (Å²) < 4.78 is 44.7. The Labute approximate surface area is 144 Å². The molecule has 0 bridgehead atoms. The summed E-state index contributed by atoms with van der Waals surface area (Å²) >= 11 is 0. The van der Waals surface area contributed by atoms with E-state index in [0.717, 1.165) is 11.3 Å². The molecule has 1 aromatic rings. The van der Waals surface area contributed by atoms with Crippen molar-refractivity contribution in [1.29, 1.82) is 0 Å². The quantitative estimate of drug-likeness (QED) is 0.829. The molecule has 0 aliphatic carbocycles. The van der Waals surface area contributed by atoms with Gasteiger partial charge in [0, 0.05) is 19.3 Å². The van der Waals surface area contributed by atoms with Gasteiger partial charge in [-0.25, -0.2) is 0 Å². The smallest absolute Gasteiger partial charge is 0.365 e. The molecular weight excluding hydrogens is 337 g/mol. The zero-order valence-electron chi connectivity index (χ0n) is 14.6. The third kappa shape index (κ3) is 4.62. The largest absolute Gasteiger partial charge is 0.416 e. The topological polar surface area (TPSA) is 51.5 Å². The van der Waals surface area contributed by atoms with Gasteiger partial charge in [0.05, 0.1) is 13.2 Å². The maximum atomic E-state index is 12.9. The normalized spacial score (nSPS) is 18.7. The Kier molecular flexibility index (Phi) is 5.92. The van der Waals surface area contributed by atoms with Crippen LogP contribution in [0.4, 0.5) is 13.2 Å². The monoisotopic (exact) mass is 360 g/mol. The van der Waals surface area contributed by atoms with E-state index in [9.17, 15) is 22.8 Å². The van der Waals surface area contributed by atoms with E-state index in [1.807, 2.05) is 13.8 Å². The van der Waals surface area contributed by atoms with E-state index in [1.54, 1.807) is 19.2 Å². The number of aryl methyl sites for hydroxylation is 2. The summed E-state index contributed by atoms with van der Waals surface area (Å²) in [6.45, 7) is 5.36. The second-order valence-corrected chi connectivity index (χ2v) is 6.71. The number of pyridine rings is 1. The van der Waals surface area contributed by atoms with Gasteiger partial charge >= 0.3 is 6.18 Å². The summed E-state index contributed by atoms with van der Waals surface area (Å²) in [6, 6.07) is 1.65. The lowest BCUT2D eigenvalue weighted by Crippen LogP contribution is -2.52. The van der Waals surface area contributed by atoms with Crippen molar-refractivity contribution in [2.45, 2.75) is 46.0 Å². The molecule has 1 fully saturated rings.